The number of thiophene rings is 1. The quantitative estimate of drug-likeness (QED) is 0.745. The van der Waals surface area contributed by atoms with Gasteiger partial charge in [-0.15, -0.1) is 11.3 Å². The molecule has 0 bridgehead atoms. The lowest BCUT2D eigenvalue weighted by Gasteiger charge is -2.03. The van der Waals surface area contributed by atoms with E-state index in [2.05, 4.69) is 5.32 Å². The summed E-state index contributed by atoms with van der Waals surface area (Å²) in [4.78, 5) is 1.24. The van der Waals surface area contributed by atoms with Crippen LogP contribution in [-0.4, -0.2) is 26.5 Å². The van der Waals surface area contributed by atoms with Gasteiger partial charge in [0.2, 0.25) is 0 Å². The number of hydrogen-bond acceptors (Lipinski definition) is 4. The Kier molecular flexibility index (Phi) is 5.28. The highest BCUT2D eigenvalue weighted by Crippen LogP contribution is 2.07. The summed E-state index contributed by atoms with van der Waals surface area (Å²) in [6.07, 6.45) is 0.702. The van der Waals surface area contributed by atoms with Crippen LogP contribution >= 0.6 is 11.3 Å². The van der Waals surface area contributed by atoms with Gasteiger partial charge in [-0.25, -0.2) is 8.42 Å². The molecule has 0 spiro atoms. The van der Waals surface area contributed by atoms with Crippen molar-refractivity contribution in [3.8, 4) is 0 Å². The van der Waals surface area contributed by atoms with Crippen molar-refractivity contribution in [2.75, 3.05) is 18.1 Å². The van der Waals surface area contributed by atoms with Crippen molar-refractivity contribution >= 4 is 21.2 Å². The molecule has 0 fully saturated rings. The molecule has 0 atom stereocenters. The summed E-state index contributed by atoms with van der Waals surface area (Å²) >= 11 is 1.68. The Hall–Kier alpha value is -0.390. The first-order chi connectivity index (χ1) is 7.14. The molecule has 0 aromatic carbocycles. The molecule has 3 nitrogen and oxygen atoms in total. The van der Waals surface area contributed by atoms with Gasteiger partial charge in [-0.3, -0.25) is 0 Å². The molecule has 0 aliphatic rings. The van der Waals surface area contributed by atoms with E-state index in [9.17, 15) is 8.42 Å². The molecule has 0 unspecified atom stereocenters. The molecule has 0 aliphatic carbocycles. The molecule has 1 aromatic heterocycles. The molecule has 1 N–H and O–H groups in total. The van der Waals surface area contributed by atoms with Crippen LogP contribution in [0, 0.1) is 0 Å². The maximum absolute atomic E-state index is 11.4. The van der Waals surface area contributed by atoms with E-state index in [1.165, 1.54) is 4.88 Å². The van der Waals surface area contributed by atoms with Crippen LogP contribution in [-0.2, 0) is 16.4 Å². The number of nitrogens with one attached hydrogen (secondary N) is 1. The Morgan fingerprint density at radius 3 is 2.80 bits per heavy atom. The van der Waals surface area contributed by atoms with E-state index in [0.29, 0.717) is 18.7 Å². The molecule has 5 heteroatoms. The topological polar surface area (TPSA) is 46.2 Å². The smallest absolute Gasteiger partial charge is 0.151 e. The van der Waals surface area contributed by atoms with E-state index in [1.54, 1.807) is 11.3 Å². The van der Waals surface area contributed by atoms with Crippen molar-refractivity contribution < 1.29 is 8.42 Å². The fraction of sp³-hybridized carbons (Fsp3) is 0.600. The molecule has 15 heavy (non-hydrogen) atoms. The van der Waals surface area contributed by atoms with E-state index < -0.39 is 9.84 Å². The zero-order chi connectivity index (χ0) is 11.1. The monoisotopic (exact) mass is 247 g/mol. The molecule has 0 radical (unpaired) electrons. The van der Waals surface area contributed by atoms with Gasteiger partial charge in [-0.1, -0.05) is 13.0 Å². The molecular weight excluding hydrogens is 230 g/mol. The van der Waals surface area contributed by atoms with Gasteiger partial charge in [0.1, 0.15) is 0 Å². The summed E-state index contributed by atoms with van der Waals surface area (Å²) in [6.45, 7) is 3.19. The Morgan fingerprint density at radius 1 is 1.40 bits per heavy atom. The Morgan fingerprint density at radius 2 is 2.20 bits per heavy atom. The molecule has 1 rings (SSSR count). The first-order valence-electron chi connectivity index (χ1n) is 5.07. The third-order valence-corrected chi connectivity index (χ3v) is 4.72. The fourth-order valence-electron chi connectivity index (χ4n) is 1.27. The average molecular weight is 247 g/mol. The highest BCUT2D eigenvalue weighted by molar-refractivity contribution is 7.91. The minimum atomic E-state index is -2.83. The van der Waals surface area contributed by atoms with E-state index in [1.807, 2.05) is 24.4 Å². The average Bonchev–Trinajstić information content (AvgIpc) is 2.65. The third-order valence-electron chi connectivity index (χ3n) is 1.98. The predicted octanol–water partition coefficient (Wildman–Crippen LogP) is 1.66. The van der Waals surface area contributed by atoms with E-state index in [0.717, 1.165) is 6.54 Å². The predicted molar refractivity (Wildman–Crippen MR) is 65.0 cm³/mol. The fourth-order valence-corrected chi connectivity index (χ4v) is 3.22. The second kappa shape index (κ2) is 6.25. The van der Waals surface area contributed by atoms with Crippen LogP contribution in [0.5, 0.6) is 0 Å². The number of sulfone groups is 1. The lowest BCUT2D eigenvalue weighted by Crippen LogP contribution is -2.23. The summed E-state index contributed by atoms with van der Waals surface area (Å²) < 4.78 is 22.7. The van der Waals surface area contributed by atoms with Crippen LogP contribution in [0.4, 0.5) is 0 Å². The first-order valence-corrected chi connectivity index (χ1v) is 7.77. The Labute approximate surface area is 95.4 Å². The third kappa shape index (κ3) is 5.30. The van der Waals surface area contributed by atoms with Crippen molar-refractivity contribution in [3.05, 3.63) is 22.4 Å². The Balaban J connectivity index is 2.17. The Bertz CT molecular complexity index is 357. The summed E-state index contributed by atoms with van der Waals surface area (Å²) in [5, 5.41) is 5.15. The van der Waals surface area contributed by atoms with Crippen LogP contribution < -0.4 is 5.32 Å². The first kappa shape index (κ1) is 12.7. The van der Waals surface area contributed by atoms with Crippen LogP contribution in [0.25, 0.3) is 0 Å². The van der Waals surface area contributed by atoms with Crippen LogP contribution in [0.3, 0.4) is 0 Å². The van der Waals surface area contributed by atoms with Crippen LogP contribution in [0.1, 0.15) is 18.2 Å². The summed E-state index contributed by atoms with van der Waals surface area (Å²) in [5.74, 6) is 0.542. The van der Waals surface area contributed by atoms with E-state index in [-0.39, 0.29) is 5.75 Å². The van der Waals surface area contributed by atoms with Crippen LogP contribution in [0.2, 0.25) is 0 Å². The molecule has 0 amide bonds. The van der Waals surface area contributed by atoms with Gasteiger partial charge in [0.05, 0.1) is 5.75 Å². The number of rotatable bonds is 7. The lowest BCUT2D eigenvalue weighted by molar-refractivity contribution is 0.589. The van der Waals surface area contributed by atoms with Crippen LogP contribution in [0.15, 0.2) is 17.5 Å². The minimum Gasteiger partial charge on any atom is -0.311 e. The van der Waals surface area contributed by atoms with Crippen molar-refractivity contribution in [2.24, 2.45) is 0 Å². The van der Waals surface area contributed by atoms with Gasteiger partial charge >= 0.3 is 0 Å². The molecule has 1 heterocycles. The molecule has 0 saturated carbocycles. The van der Waals surface area contributed by atoms with Crippen molar-refractivity contribution in [2.45, 2.75) is 19.9 Å². The van der Waals surface area contributed by atoms with Gasteiger partial charge in [0.15, 0.2) is 9.84 Å². The molecule has 0 saturated heterocycles. The minimum absolute atomic E-state index is 0.242. The summed E-state index contributed by atoms with van der Waals surface area (Å²) in [7, 11) is -2.83. The summed E-state index contributed by atoms with van der Waals surface area (Å²) in [6, 6.07) is 4.04. The SMILES string of the molecule is CCCS(=O)(=O)CCNCc1cccs1. The van der Waals surface area contributed by atoms with Gasteiger partial charge in [0, 0.05) is 23.7 Å². The molecule has 0 aliphatic heterocycles. The van der Waals surface area contributed by atoms with Crippen molar-refractivity contribution in [1.29, 1.82) is 0 Å². The van der Waals surface area contributed by atoms with Crippen molar-refractivity contribution in [3.63, 3.8) is 0 Å². The van der Waals surface area contributed by atoms with Gasteiger partial charge < -0.3 is 5.32 Å². The lowest BCUT2D eigenvalue weighted by atomic mass is 10.4. The maximum Gasteiger partial charge on any atom is 0.151 e. The number of hydrogen-bond donors (Lipinski definition) is 1. The second-order valence-electron chi connectivity index (χ2n) is 3.41. The molecule has 1 aromatic rings. The van der Waals surface area contributed by atoms with Gasteiger partial charge in [-0.05, 0) is 17.9 Å². The maximum atomic E-state index is 11.4. The second-order valence-corrected chi connectivity index (χ2v) is 6.74. The van der Waals surface area contributed by atoms with E-state index >= 15 is 0 Å². The zero-order valence-corrected chi connectivity index (χ0v) is 10.5. The zero-order valence-electron chi connectivity index (χ0n) is 8.90. The van der Waals surface area contributed by atoms with Gasteiger partial charge in [-0.2, -0.15) is 0 Å². The van der Waals surface area contributed by atoms with Gasteiger partial charge in [0.25, 0.3) is 0 Å². The molecular formula is C10H17NO2S2. The highest BCUT2D eigenvalue weighted by atomic mass is 32.2. The van der Waals surface area contributed by atoms with Crippen molar-refractivity contribution in [1.82, 2.24) is 5.32 Å². The highest BCUT2D eigenvalue weighted by Gasteiger charge is 2.07. The van der Waals surface area contributed by atoms with E-state index in [4.69, 9.17) is 0 Å². The standard InChI is InChI=1S/C10H17NO2S2/c1-2-7-15(12,13)8-5-11-9-10-4-3-6-14-10/h3-4,6,11H,2,5,7-9H2,1H3. The molecule has 86 valence electrons. The normalized spacial score (nSPS) is 11.8. The summed E-state index contributed by atoms with van der Waals surface area (Å²) in [5.41, 5.74) is 0. The largest absolute Gasteiger partial charge is 0.311 e.